The Hall–Kier alpha value is -2.32. The van der Waals surface area contributed by atoms with E-state index in [2.05, 4.69) is 25.7 Å². The molecule has 1 spiro atoms. The highest BCUT2D eigenvalue weighted by atomic mass is 32.1. The van der Waals surface area contributed by atoms with E-state index in [4.69, 9.17) is 0 Å². The number of rotatable bonds is 4. The first-order valence-electron chi connectivity index (χ1n) is 9.85. The summed E-state index contributed by atoms with van der Waals surface area (Å²) in [5.41, 5.74) is 0.910. The van der Waals surface area contributed by atoms with E-state index in [0.29, 0.717) is 19.0 Å². The summed E-state index contributed by atoms with van der Waals surface area (Å²) < 4.78 is 0. The minimum Gasteiger partial charge on any atom is -0.355 e. The Labute approximate surface area is 167 Å². The van der Waals surface area contributed by atoms with Crippen LogP contribution in [-0.4, -0.2) is 46.0 Å². The Morgan fingerprint density at radius 3 is 3.07 bits per heavy atom. The summed E-state index contributed by atoms with van der Waals surface area (Å²) in [6.45, 7) is 3.29. The Kier molecular flexibility index (Phi) is 4.21. The number of anilines is 1. The normalized spacial score (nSPS) is 28.4. The van der Waals surface area contributed by atoms with E-state index >= 15 is 0 Å². The second-order valence-electron chi connectivity index (χ2n) is 7.80. The zero-order chi connectivity index (χ0) is 19.3. The molecule has 3 atom stereocenters. The maximum atomic E-state index is 13.3. The van der Waals surface area contributed by atoms with Gasteiger partial charge in [-0.05, 0) is 38.8 Å². The van der Waals surface area contributed by atoms with E-state index in [1.165, 1.54) is 0 Å². The SMILES string of the molecule is Cc1nnc(CCNC(=O)[C@H]2C[C@H]3CCCN3[C@]23C(=O)Nc2ccccc23)s1. The number of nitrogens with zero attached hydrogens (tertiary/aromatic N) is 3. The molecule has 0 saturated carbocycles. The highest BCUT2D eigenvalue weighted by molar-refractivity contribution is 7.11. The molecule has 7 nitrogen and oxygen atoms in total. The number of hydrogen-bond acceptors (Lipinski definition) is 6. The molecule has 1 aromatic carbocycles. The monoisotopic (exact) mass is 397 g/mol. The lowest BCUT2D eigenvalue weighted by atomic mass is 9.78. The Morgan fingerprint density at radius 2 is 2.25 bits per heavy atom. The van der Waals surface area contributed by atoms with Crippen molar-refractivity contribution in [3.8, 4) is 0 Å². The lowest BCUT2D eigenvalue weighted by molar-refractivity contribution is -0.137. The summed E-state index contributed by atoms with van der Waals surface area (Å²) >= 11 is 1.55. The van der Waals surface area contributed by atoms with Gasteiger partial charge in [-0.1, -0.05) is 18.2 Å². The minimum absolute atomic E-state index is 0.0394. The van der Waals surface area contributed by atoms with Crippen LogP contribution in [0.25, 0.3) is 0 Å². The zero-order valence-corrected chi connectivity index (χ0v) is 16.6. The number of benzene rings is 1. The number of para-hydroxylation sites is 1. The predicted molar refractivity (Wildman–Crippen MR) is 106 cm³/mol. The van der Waals surface area contributed by atoms with Crippen LogP contribution < -0.4 is 10.6 Å². The summed E-state index contributed by atoms with van der Waals surface area (Å²) in [5.74, 6) is -0.474. The van der Waals surface area contributed by atoms with Crippen molar-refractivity contribution in [3.05, 3.63) is 39.8 Å². The van der Waals surface area contributed by atoms with Gasteiger partial charge in [-0.25, -0.2) is 0 Å². The van der Waals surface area contributed by atoms with Gasteiger partial charge in [0.1, 0.15) is 15.6 Å². The zero-order valence-electron chi connectivity index (χ0n) is 15.8. The average molecular weight is 398 g/mol. The number of aromatic nitrogens is 2. The molecule has 3 aliphatic heterocycles. The molecule has 0 aliphatic carbocycles. The molecule has 0 radical (unpaired) electrons. The summed E-state index contributed by atoms with van der Waals surface area (Å²) in [5, 5.41) is 16.1. The van der Waals surface area contributed by atoms with Gasteiger partial charge in [0, 0.05) is 30.3 Å². The summed E-state index contributed by atoms with van der Waals surface area (Å²) in [7, 11) is 0. The molecule has 2 saturated heterocycles. The van der Waals surface area contributed by atoms with Gasteiger partial charge in [-0.15, -0.1) is 21.5 Å². The molecule has 8 heteroatoms. The molecule has 5 rings (SSSR count). The molecule has 0 unspecified atom stereocenters. The van der Waals surface area contributed by atoms with E-state index in [0.717, 1.165) is 47.1 Å². The number of amides is 2. The Bertz CT molecular complexity index is 944. The predicted octanol–water partition coefficient (Wildman–Crippen LogP) is 1.84. The number of carbonyl (C=O) groups is 2. The standard InChI is InChI=1S/C20H23N5O2S/c1-12-23-24-17(28-12)8-9-21-18(26)15-11-13-5-4-10-25(13)20(15)14-6-2-3-7-16(14)22-19(20)27/h2-3,6-7,13,15H,4-5,8-11H2,1H3,(H,21,26)(H,22,27)/t13-,15-,20+/m1/s1. The van der Waals surface area contributed by atoms with Gasteiger partial charge in [0.15, 0.2) is 0 Å². The van der Waals surface area contributed by atoms with Crippen LogP contribution in [0.15, 0.2) is 24.3 Å². The molecule has 3 aliphatic rings. The van der Waals surface area contributed by atoms with Crippen molar-refractivity contribution in [1.82, 2.24) is 20.4 Å². The van der Waals surface area contributed by atoms with Gasteiger partial charge in [-0.3, -0.25) is 14.5 Å². The van der Waals surface area contributed by atoms with Gasteiger partial charge < -0.3 is 10.6 Å². The van der Waals surface area contributed by atoms with Crippen LogP contribution in [0, 0.1) is 12.8 Å². The first-order valence-corrected chi connectivity index (χ1v) is 10.7. The first-order chi connectivity index (χ1) is 13.6. The fourth-order valence-corrected chi connectivity index (χ4v) is 5.94. The van der Waals surface area contributed by atoms with Crippen LogP contribution >= 0.6 is 11.3 Å². The van der Waals surface area contributed by atoms with E-state index in [9.17, 15) is 9.59 Å². The number of hydrogen-bond donors (Lipinski definition) is 2. The summed E-state index contributed by atoms with van der Waals surface area (Å²) in [6.07, 6.45) is 3.51. The van der Waals surface area contributed by atoms with Gasteiger partial charge in [-0.2, -0.15) is 0 Å². The van der Waals surface area contributed by atoms with E-state index in [-0.39, 0.29) is 17.7 Å². The second kappa shape index (κ2) is 6.63. The van der Waals surface area contributed by atoms with Crippen molar-refractivity contribution in [2.45, 2.75) is 44.2 Å². The lowest BCUT2D eigenvalue weighted by Crippen LogP contribution is -2.54. The van der Waals surface area contributed by atoms with E-state index in [1.807, 2.05) is 31.2 Å². The summed E-state index contributed by atoms with van der Waals surface area (Å²) in [4.78, 5) is 28.8. The molecule has 28 heavy (non-hydrogen) atoms. The van der Waals surface area contributed by atoms with Gasteiger partial charge in [0.05, 0.1) is 5.92 Å². The van der Waals surface area contributed by atoms with Gasteiger partial charge in [0.2, 0.25) is 11.8 Å². The fourth-order valence-electron chi connectivity index (χ4n) is 5.23. The van der Waals surface area contributed by atoms with Crippen molar-refractivity contribution < 1.29 is 9.59 Å². The highest BCUT2D eigenvalue weighted by Gasteiger charge is 2.65. The van der Waals surface area contributed by atoms with Crippen LogP contribution in [0.4, 0.5) is 5.69 Å². The van der Waals surface area contributed by atoms with Crippen molar-refractivity contribution in [1.29, 1.82) is 0 Å². The highest BCUT2D eigenvalue weighted by Crippen LogP contribution is 2.55. The van der Waals surface area contributed by atoms with Crippen LogP contribution in [0.3, 0.4) is 0 Å². The molecule has 2 amide bonds. The number of aryl methyl sites for hydroxylation is 1. The third-order valence-electron chi connectivity index (χ3n) is 6.30. The van der Waals surface area contributed by atoms with Crippen LogP contribution in [-0.2, 0) is 21.5 Å². The number of fused-ring (bicyclic) bond motifs is 4. The number of nitrogens with one attached hydrogen (secondary N) is 2. The fraction of sp³-hybridized carbons (Fsp3) is 0.500. The maximum Gasteiger partial charge on any atom is 0.250 e. The Morgan fingerprint density at radius 1 is 1.39 bits per heavy atom. The third-order valence-corrected chi connectivity index (χ3v) is 7.20. The van der Waals surface area contributed by atoms with Gasteiger partial charge >= 0.3 is 0 Å². The molecular weight excluding hydrogens is 374 g/mol. The molecule has 1 aromatic heterocycles. The quantitative estimate of drug-likeness (QED) is 0.822. The molecule has 2 N–H and O–H groups in total. The van der Waals surface area contributed by atoms with Crippen LogP contribution in [0.1, 0.15) is 34.8 Å². The van der Waals surface area contributed by atoms with Crippen molar-refractivity contribution in [2.24, 2.45) is 5.92 Å². The molecule has 0 bridgehead atoms. The lowest BCUT2D eigenvalue weighted by Gasteiger charge is -2.36. The van der Waals surface area contributed by atoms with Crippen molar-refractivity contribution >= 4 is 28.8 Å². The van der Waals surface area contributed by atoms with Crippen LogP contribution in [0.2, 0.25) is 0 Å². The first kappa shape index (κ1) is 17.8. The number of carbonyl (C=O) groups excluding carboxylic acids is 2. The summed E-state index contributed by atoms with van der Waals surface area (Å²) in [6, 6.07) is 8.10. The largest absolute Gasteiger partial charge is 0.355 e. The maximum absolute atomic E-state index is 13.3. The van der Waals surface area contributed by atoms with Crippen molar-refractivity contribution in [2.75, 3.05) is 18.4 Å². The molecule has 2 fully saturated rings. The Balaban J connectivity index is 1.42. The average Bonchev–Trinajstić information content (AvgIpc) is 3.41. The second-order valence-corrected chi connectivity index (χ2v) is 9.07. The molecule has 146 valence electrons. The van der Waals surface area contributed by atoms with Gasteiger partial charge in [0.25, 0.3) is 0 Å². The van der Waals surface area contributed by atoms with Crippen LogP contribution in [0.5, 0.6) is 0 Å². The third kappa shape index (κ3) is 2.51. The molecule has 2 aromatic rings. The topological polar surface area (TPSA) is 87.2 Å². The van der Waals surface area contributed by atoms with E-state index in [1.54, 1.807) is 11.3 Å². The minimum atomic E-state index is -0.874. The van der Waals surface area contributed by atoms with E-state index < -0.39 is 5.54 Å². The smallest absolute Gasteiger partial charge is 0.250 e. The molecular formula is C20H23N5O2S. The van der Waals surface area contributed by atoms with Crippen molar-refractivity contribution in [3.63, 3.8) is 0 Å². The molecule has 4 heterocycles.